The molecule has 1 atom stereocenters. The van der Waals surface area contributed by atoms with E-state index in [4.69, 9.17) is 20.5 Å². The highest BCUT2D eigenvalue weighted by Crippen LogP contribution is 2.48. The van der Waals surface area contributed by atoms with Crippen LogP contribution in [0.5, 0.6) is 0 Å². The molecule has 1 unspecified atom stereocenters. The Balaban J connectivity index is 1.89. The molecule has 2 aromatic carbocycles. The number of hydrogen-bond donors (Lipinski definition) is 1. The number of rotatable bonds is 6. The lowest BCUT2D eigenvalue weighted by molar-refractivity contribution is 0.0425. The fourth-order valence-electron chi connectivity index (χ4n) is 5.34. The average molecular weight is 454 g/mol. The summed E-state index contributed by atoms with van der Waals surface area (Å²) in [7, 11) is 1.78. The first-order chi connectivity index (χ1) is 16.4. The molecule has 1 aliphatic carbocycles. The summed E-state index contributed by atoms with van der Waals surface area (Å²) in [6.45, 7) is 4.10. The van der Waals surface area contributed by atoms with Crippen LogP contribution in [0.4, 0.5) is 0 Å². The number of hydrogen-bond acceptors (Lipinski definition) is 6. The molecule has 2 aliphatic rings. The maximum Gasteiger partial charge on any atom is 0.181 e. The van der Waals surface area contributed by atoms with E-state index in [1.165, 1.54) is 5.56 Å². The van der Waals surface area contributed by atoms with Crippen LogP contribution in [-0.4, -0.2) is 24.8 Å². The molecule has 1 aliphatic heterocycles. The van der Waals surface area contributed by atoms with Gasteiger partial charge in [-0.3, -0.25) is 4.99 Å². The molecule has 174 valence electrons. The van der Waals surface area contributed by atoms with E-state index in [9.17, 15) is 10.5 Å². The first-order valence-corrected chi connectivity index (χ1v) is 12.0. The largest absolute Gasteiger partial charge is 0.382 e. The summed E-state index contributed by atoms with van der Waals surface area (Å²) >= 11 is 0. The number of nitrogens with two attached hydrogens (primary N) is 1. The molecule has 6 nitrogen and oxygen atoms in total. The quantitative estimate of drug-likeness (QED) is 0.645. The number of amidine groups is 1. The number of aliphatic imine (C=N–C) groups is 2. The van der Waals surface area contributed by atoms with Crippen molar-refractivity contribution in [3.05, 3.63) is 58.7 Å². The normalized spacial score (nSPS) is 24.1. The van der Waals surface area contributed by atoms with E-state index in [-0.39, 0.29) is 12.0 Å². The van der Waals surface area contributed by atoms with Crippen LogP contribution in [-0.2, 0) is 16.8 Å². The monoisotopic (exact) mass is 453 g/mol. The predicted molar refractivity (Wildman–Crippen MR) is 134 cm³/mol. The minimum Gasteiger partial charge on any atom is -0.382 e. The van der Waals surface area contributed by atoms with Crippen molar-refractivity contribution >= 4 is 11.5 Å². The third kappa shape index (κ3) is 4.34. The molecular formula is C28H31N5O. The van der Waals surface area contributed by atoms with Gasteiger partial charge in [0.1, 0.15) is 5.84 Å². The van der Waals surface area contributed by atoms with Crippen molar-refractivity contribution in [2.45, 2.75) is 64.1 Å². The van der Waals surface area contributed by atoms with Crippen molar-refractivity contribution in [1.29, 1.82) is 10.5 Å². The molecule has 6 heteroatoms. The van der Waals surface area contributed by atoms with Crippen LogP contribution in [0, 0.1) is 28.6 Å². The van der Waals surface area contributed by atoms with Gasteiger partial charge >= 0.3 is 0 Å². The van der Waals surface area contributed by atoms with Gasteiger partial charge in [-0.15, -0.1) is 0 Å². The fraction of sp³-hybridized carbons (Fsp3) is 0.429. The average Bonchev–Trinajstić information content (AvgIpc) is 3.18. The Morgan fingerprint density at radius 1 is 1.00 bits per heavy atom. The molecule has 0 aromatic heterocycles. The van der Waals surface area contributed by atoms with Gasteiger partial charge in [0, 0.05) is 18.6 Å². The van der Waals surface area contributed by atoms with Gasteiger partial charge in [0.05, 0.1) is 35.1 Å². The van der Waals surface area contributed by atoms with E-state index in [1.807, 2.05) is 19.1 Å². The van der Waals surface area contributed by atoms with Crippen molar-refractivity contribution < 1.29 is 4.74 Å². The van der Waals surface area contributed by atoms with Gasteiger partial charge in [0.15, 0.2) is 5.66 Å². The number of nitriles is 2. The molecule has 0 amide bonds. The number of benzene rings is 2. The molecule has 1 saturated carbocycles. The van der Waals surface area contributed by atoms with E-state index < -0.39 is 5.66 Å². The molecule has 1 fully saturated rings. The van der Waals surface area contributed by atoms with Gasteiger partial charge in [0.25, 0.3) is 0 Å². The Hall–Kier alpha value is -3.48. The molecule has 1 heterocycles. The third-order valence-electron chi connectivity index (χ3n) is 7.13. The smallest absolute Gasteiger partial charge is 0.181 e. The second-order valence-corrected chi connectivity index (χ2v) is 9.27. The number of nitrogens with zero attached hydrogens (tertiary/aromatic N) is 4. The molecule has 34 heavy (non-hydrogen) atoms. The predicted octanol–water partition coefficient (Wildman–Crippen LogP) is 5.24. The highest BCUT2D eigenvalue weighted by atomic mass is 16.5. The zero-order valence-corrected chi connectivity index (χ0v) is 20.1. The molecule has 4 rings (SSSR count). The van der Waals surface area contributed by atoms with Crippen LogP contribution in [0.3, 0.4) is 0 Å². The van der Waals surface area contributed by atoms with E-state index in [2.05, 4.69) is 37.3 Å². The van der Waals surface area contributed by atoms with Crippen molar-refractivity contribution in [3.63, 3.8) is 0 Å². The van der Waals surface area contributed by atoms with Gasteiger partial charge in [-0.25, -0.2) is 4.99 Å². The summed E-state index contributed by atoms with van der Waals surface area (Å²) in [5, 5.41) is 18.9. The Bertz CT molecular complexity index is 1170. The summed E-state index contributed by atoms with van der Waals surface area (Å²) < 4.78 is 5.62. The van der Waals surface area contributed by atoms with Crippen LogP contribution in [0.15, 0.2) is 46.4 Å². The Kier molecular flexibility index (Phi) is 6.82. The zero-order chi connectivity index (χ0) is 24.3. The molecule has 0 saturated heterocycles. The van der Waals surface area contributed by atoms with Crippen LogP contribution in [0.2, 0.25) is 0 Å². The van der Waals surface area contributed by atoms with Gasteiger partial charge in [0.2, 0.25) is 0 Å². The van der Waals surface area contributed by atoms with Crippen molar-refractivity contribution in [1.82, 2.24) is 0 Å². The highest BCUT2D eigenvalue weighted by Gasteiger charge is 2.46. The lowest BCUT2D eigenvalue weighted by Crippen LogP contribution is -2.36. The molecule has 2 N–H and O–H groups in total. The summed E-state index contributed by atoms with van der Waals surface area (Å²) in [5.41, 5.74) is 11.4. The van der Waals surface area contributed by atoms with E-state index in [1.54, 1.807) is 13.2 Å². The minimum atomic E-state index is -0.752. The topological polar surface area (TPSA) is 108 Å². The fourth-order valence-corrected chi connectivity index (χ4v) is 5.34. The zero-order valence-electron chi connectivity index (χ0n) is 20.1. The van der Waals surface area contributed by atoms with Crippen molar-refractivity contribution in [2.24, 2.45) is 21.6 Å². The van der Waals surface area contributed by atoms with E-state index in [0.717, 1.165) is 60.9 Å². The van der Waals surface area contributed by atoms with E-state index in [0.29, 0.717) is 17.0 Å². The van der Waals surface area contributed by atoms with Crippen molar-refractivity contribution in [3.8, 4) is 23.3 Å². The molecular weight excluding hydrogens is 422 g/mol. The SMILES string of the molecule is CCCc1ccc(-c2cc(C#N)cc(C#N)c2)cc1C1(C2CCC(OC)CC2)N=C(C)C(N)=N1. The van der Waals surface area contributed by atoms with Crippen LogP contribution < -0.4 is 5.73 Å². The number of methoxy groups -OCH3 is 1. The van der Waals surface area contributed by atoms with Gasteiger partial charge in [-0.1, -0.05) is 25.5 Å². The summed E-state index contributed by atoms with van der Waals surface area (Å²) in [6, 6.07) is 16.0. The second-order valence-electron chi connectivity index (χ2n) is 9.27. The van der Waals surface area contributed by atoms with Gasteiger partial charge in [-0.2, -0.15) is 10.5 Å². The molecule has 0 bridgehead atoms. The summed E-state index contributed by atoms with van der Waals surface area (Å²) in [6.07, 6.45) is 6.08. The molecule has 0 radical (unpaired) electrons. The number of aryl methyl sites for hydroxylation is 1. The lowest BCUT2D eigenvalue weighted by atomic mass is 9.74. The van der Waals surface area contributed by atoms with Crippen LogP contribution in [0.25, 0.3) is 11.1 Å². The van der Waals surface area contributed by atoms with Crippen LogP contribution >= 0.6 is 0 Å². The summed E-state index contributed by atoms with van der Waals surface area (Å²) in [5.74, 6) is 0.723. The highest BCUT2D eigenvalue weighted by molar-refractivity contribution is 6.41. The third-order valence-corrected chi connectivity index (χ3v) is 7.13. The molecule has 2 aromatic rings. The maximum atomic E-state index is 9.46. The van der Waals surface area contributed by atoms with E-state index >= 15 is 0 Å². The Morgan fingerprint density at radius 2 is 1.68 bits per heavy atom. The first kappa shape index (κ1) is 23.7. The first-order valence-electron chi connectivity index (χ1n) is 12.0. The number of ether oxygens (including phenoxy) is 1. The maximum absolute atomic E-state index is 9.46. The van der Waals surface area contributed by atoms with Crippen molar-refractivity contribution in [2.75, 3.05) is 7.11 Å². The Morgan fingerprint density at radius 3 is 2.21 bits per heavy atom. The summed E-state index contributed by atoms with van der Waals surface area (Å²) in [4.78, 5) is 10.2. The van der Waals surface area contributed by atoms with Gasteiger partial charge < -0.3 is 10.5 Å². The standard InChI is InChI=1S/C28H31N5O/c1-4-5-21-6-7-22(23-13-19(16-29)12-20(14-23)17-30)15-26(21)28(32-18(2)27(31)33-28)24-8-10-25(34-3)11-9-24/h6-7,12-15,24-25H,4-5,8-11H2,1-3H3,(H2,31,33). The van der Waals surface area contributed by atoms with Gasteiger partial charge in [-0.05, 0) is 80.0 Å². The molecule has 0 spiro atoms. The minimum absolute atomic E-state index is 0.223. The second kappa shape index (κ2) is 9.79. The van der Waals surface area contributed by atoms with Crippen LogP contribution in [0.1, 0.15) is 68.2 Å². The lowest BCUT2D eigenvalue weighted by Gasteiger charge is -2.38. The Labute approximate surface area is 201 Å².